The van der Waals surface area contributed by atoms with Crippen LogP contribution in [0, 0.1) is 0 Å². The Kier molecular flexibility index (Phi) is 4.77. The zero-order valence-corrected chi connectivity index (χ0v) is 12.2. The van der Waals surface area contributed by atoms with Crippen molar-refractivity contribution in [3.8, 4) is 0 Å². The van der Waals surface area contributed by atoms with E-state index in [1.807, 2.05) is 30.3 Å². The van der Waals surface area contributed by atoms with Gasteiger partial charge in [-0.05, 0) is 43.3 Å². The lowest BCUT2D eigenvalue weighted by atomic mass is 10.2. The summed E-state index contributed by atoms with van der Waals surface area (Å²) in [6, 6.07) is 11.3. The Morgan fingerprint density at radius 2 is 1.95 bits per heavy atom. The number of nitrogen functional groups attached to an aromatic ring is 1. The van der Waals surface area contributed by atoms with Gasteiger partial charge in [0.1, 0.15) is 0 Å². The maximum absolute atomic E-state index is 11.4. The number of hydrogen-bond donors (Lipinski definition) is 1. The molecule has 0 saturated heterocycles. The van der Waals surface area contributed by atoms with Crippen molar-refractivity contribution in [1.82, 2.24) is 4.98 Å². The molecule has 1 aromatic carbocycles. The molecular weight excluding hydrogens is 266 g/mol. The maximum atomic E-state index is 11.4. The Balaban J connectivity index is 2.11. The number of carbonyl (C=O) groups excluding carboxylic acids is 1. The molecule has 0 radical (unpaired) electrons. The van der Waals surface area contributed by atoms with Crippen molar-refractivity contribution in [3.63, 3.8) is 0 Å². The Labute approximate surface area is 124 Å². The van der Waals surface area contributed by atoms with Gasteiger partial charge in [0.05, 0.1) is 24.9 Å². The first kappa shape index (κ1) is 14.8. The minimum atomic E-state index is -0.375. The molecule has 0 aliphatic rings. The highest BCUT2D eigenvalue weighted by Gasteiger charge is 2.09. The molecule has 0 fully saturated rings. The lowest BCUT2D eigenvalue weighted by Crippen LogP contribution is -2.22. The molecule has 2 rings (SSSR count). The molecule has 1 aromatic heterocycles. The van der Waals surface area contributed by atoms with Crippen molar-refractivity contribution in [2.45, 2.75) is 13.5 Å². The van der Waals surface area contributed by atoms with E-state index in [4.69, 9.17) is 5.73 Å². The number of methoxy groups -OCH3 is 1. The molecular formula is C16H19N3O2. The van der Waals surface area contributed by atoms with Crippen molar-refractivity contribution < 1.29 is 9.53 Å². The van der Waals surface area contributed by atoms with E-state index in [2.05, 4.69) is 21.5 Å². The van der Waals surface area contributed by atoms with E-state index in [1.165, 1.54) is 13.3 Å². The van der Waals surface area contributed by atoms with E-state index in [9.17, 15) is 4.79 Å². The SMILES string of the molecule is CCN(Cc1ccc(C(=O)OC)cn1)c1ccc(N)cc1. The first-order chi connectivity index (χ1) is 10.1. The van der Waals surface area contributed by atoms with Crippen molar-refractivity contribution in [2.24, 2.45) is 0 Å². The number of pyridine rings is 1. The van der Waals surface area contributed by atoms with Gasteiger partial charge in [0.25, 0.3) is 0 Å². The Bertz CT molecular complexity index is 594. The summed E-state index contributed by atoms with van der Waals surface area (Å²) >= 11 is 0. The van der Waals surface area contributed by atoms with Gasteiger partial charge in [-0.1, -0.05) is 0 Å². The minimum Gasteiger partial charge on any atom is -0.465 e. The summed E-state index contributed by atoms with van der Waals surface area (Å²) in [6.07, 6.45) is 1.54. The molecule has 0 aliphatic heterocycles. The molecule has 2 aromatic rings. The zero-order chi connectivity index (χ0) is 15.2. The summed E-state index contributed by atoms with van der Waals surface area (Å²) in [5.74, 6) is -0.375. The van der Waals surface area contributed by atoms with Gasteiger partial charge in [0.2, 0.25) is 0 Å². The second-order valence-corrected chi connectivity index (χ2v) is 4.64. The highest BCUT2D eigenvalue weighted by atomic mass is 16.5. The summed E-state index contributed by atoms with van der Waals surface area (Å²) in [4.78, 5) is 17.9. The number of esters is 1. The third-order valence-electron chi connectivity index (χ3n) is 3.24. The Morgan fingerprint density at radius 1 is 1.24 bits per heavy atom. The zero-order valence-electron chi connectivity index (χ0n) is 12.2. The highest BCUT2D eigenvalue weighted by Crippen LogP contribution is 2.18. The molecule has 0 bridgehead atoms. The van der Waals surface area contributed by atoms with E-state index in [0.29, 0.717) is 12.1 Å². The summed E-state index contributed by atoms with van der Waals surface area (Å²) in [5, 5.41) is 0. The molecule has 0 atom stereocenters. The molecule has 0 spiro atoms. The fourth-order valence-corrected chi connectivity index (χ4v) is 2.02. The quantitative estimate of drug-likeness (QED) is 0.675. The van der Waals surface area contributed by atoms with E-state index >= 15 is 0 Å². The molecule has 5 heteroatoms. The largest absolute Gasteiger partial charge is 0.465 e. The van der Waals surface area contributed by atoms with Gasteiger partial charge in [0, 0.05) is 24.1 Å². The lowest BCUT2D eigenvalue weighted by Gasteiger charge is -2.22. The van der Waals surface area contributed by atoms with Crippen molar-refractivity contribution in [2.75, 3.05) is 24.3 Å². The van der Waals surface area contributed by atoms with Gasteiger partial charge in [-0.15, -0.1) is 0 Å². The van der Waals surface area contributed by atoms with Crippen LogP contribution < -0.4 is 10.6 Å². The van der Waals surface area contributed by atoms with Gasteiger partial charge >= 0.3 is 5.97 Å². The molecule has 0 aliphatic carbocycles. The fraction of sp³-hybridized carbons (Fsp3) is 0.250. The van der Waals surface area contributed by atoms with Crippen LogP contribution in [0.4, 0.5) is 11.4 Å². The molecule has 1 heterocycles. The fourth-order valence-electron chi connectivity index (χ4n) is 2.02. The summed E-state index contributed by atoms with van der Waals surface area (Å²) < 4.78 is 4.66. The van der Waals surface area contributed by atoms with Crippen molar-refractivity contribution >= 4 is 17.3 Å². The summed E-state index contributed by atoms with van der Waals surface area (Å²) in [5.41, 5.74) is 8.88. The number of anilines is 2. The number of ether oxygens (including phenoxy) is 1. The van der Waals surface area contributed by atoms with E-state index in [0.717, 1.165) is 23.6 Å². The number of nitrogens with two attached hydrogens (primary N) is 1. The number of aromatic nitrogens is 1. The lowest BCUT2D eigenvalue weighted by molar-refractivity contribution is 0.0600. The number of rotatable bonds is 5. The van der Waals surface area contributed by atoms with Gasteiger partial charge in [-0.2, -0.15) is 0 Å². The normalized spacial score (nSPS) is 10.2. The van der Waals surface area contributed by atoms with E-state index < -0.39 is 0 Å². The van der Waals surface area contributed by atoms with Crippen LogP contribution in [-0.4, -0.2) is 24.6 Å². The monoisotopic (exact) mass is 285 g/mol. The number of carbonyl (C=O) groups is 1. The van der Waals surface area contributed by atoms with Crippen molar-refractivity contribution in [3.05, 3.63) is 53.9 Å². The van der Waals surface area contributed by atoms with Gasteiger partial charge in [-0.3, -0.25) is 4.98 Å². The average molecular weight is 285 g/mol. The summed E-state index contributed by atoms with van der Waals surface area (Å²) in [7, 11) is 1.36. The topological polar surface area (TPSA) is 68.5 Å². The van der Waals surface area contributed by atoms with Crippen LogP contribution in [0.3, 0.4) is 0 Å². The molecule has 0 amide bonds. The molecule has 2 N–H and O–H groups in total. The predicted molar refractivity (Wildman–Crippen MR) is 83.2 cm³/mol. The molecule has 21 heavy (non-hydrogen) atoms. The minimum absolute atomic E-state index is 0.375. The molecule has 5 nitrogen and oxygen atoms in total. The van der Waals surface area contributed by atoms with E-state index in [-0.39, 0.29) is 5.97 Å². The smallest absolute Gasteiger partial charge is 0.339 e. The molecule has 0 unspecified atom stereocenters. The van der Waals surface area contributed by atoms with Crippen LogP contribution in [-0.2, 0) is 11.3 Å². The predicted octanol–water partition coefficient (Wildman–Crippen LogP) is 2.48. The summed E-state index contributed by atoms with van der Waals surface area (Å²) in [6.45, 7) is 3.60. The van der Waals surface area contributed by atoms with Crippen molar-refractivity contribution in [1.29, 1.82) is 0 Å². The highest BCUT2D eigenvalue weighted by molar-refractivity contribution is 5.88. The molecule has 0 saturated carbocycles. The van der Waals surface area contributed by atoms with Crippen LogP contribution in [0.5, 0.6) is 0 Å². The number of nitrogens with zero attached hydrogens (tertiary/aromatic N) is 2. The van der Waals surface area contributed by atoms with Gasteiger partial charge in [-0.25, -0.2) is 4.79 Å². The third-order valence-corrected chi connectivity index (χ3v) is 3.24. The van der Waals surface area contributed by atoms with E-state index in [1.54, 1.807) is 6.07 Å². The standard InChI is InChI=1S/C16H19N3O2/c1-3-19(15-8-5-13(17)6-9-15)11-14-7-4-12(10-18-14)16(20)21-2/h4-10H,3,11,17H2,1-2H3. The Morgan fingerprint density at radius 3 is 2.48 bits per heavy atom. The second-order valence-electron chi connectivity index (χ2n) is 4.64. The van der Waals surface area contributed by atoms with Crippen LogP contribution in [0.15, 0.2) is 42.6 Å². The van der Waals surface area contributed by atoms with Crippen LogP contribution in [0.1, 0.15) is 23.0 Å². The molecule has 110 valence electrons. The maximum Gasteiger partial charge on any atom is 0.339 e. The number of benzene rings is 1. The van der Waals surface area contributed by atoms with Crippen LogP contribution >= 0.6 is 0 Å². The second kappa shape index (κ2) is 6.74. The first-order valence-corrected chi connectivity index (χ1v) is 6.77. The third kappa shape index (κ3) is 3.72. The van der Waals surface area contributed by atoms with Crippen LogP contribution in [0.2, 0.25) is 0 Å². The van der Waals surface area contributed by atoms with Crippen LogP contribution in [0.25, 0.3) is 0 Å². The number of hydrogen-bond acceptors (Lipinski definition) is 5. The Hall–Kier alpha value is -2.56. The first-order valence-electron chi connectivity index (χ1n) is 6.77. The average Bonchev–Trinajstić information content (AvgIpc) is 2.53. The van der Waals surface area contributed by atoms with Gasteiger partial charge in [0.15, 0.2) is 0 Å². The van der Waals surface area contributed by atoms with Gasteiger partial charge < -0.3 is 15.4 Å².